The molecule has 1 aromatic rings. The Morgan fingerprint density at radius 2 is 2.40 bits per heavy atom. The van der Waals surface area contributed by atoms with Gasteiger partial charge in [-0.25, -0.2) is 4.98 Å². The predicted molar refractivity (Wildman–Crippen MR) is 56.4 cm³/mol. The summed E-state index contributed by atoms with van der Waals surface area (Å²) in [5.74, 6) is 1.74. The van der Waals surface area contributed by atoms with E-state index in [4.69, 9.17) is 5.11 Å². The van der Waals surface area contributed by atoms with Crippen LogP contribution in [0.3, 0.4) is 0 Å². The summed E-state index contributed by atoms with van der Waals surface area (Å²) in [7, 11) is 0. The summed E-state index contributed by atoms with van der Waals surface area (Å²) in [5.41, 5.74) is 0. The first-order valence-electron chi connectivity index (χ1n) is 5.55. The van der Waals surface area contributed by atoms with Gasteiger partial charge in [0.2, 0.25) is 0 Å². The topological polar surface area (TPSA) is 65.0 Å². The molecule has 0 amide bonds. The molecular weight excluding hydrogens is 192 g/mol. The second kappa shape index (κ2) is 4.72. The van der Waals surface area contributed by atoms with E-state index in [1.54, 1.807) is 0 Å². The van der Waals surface area contributed by atoms with Gasteiger partial charge in [0.1, 0.15) is 5.82 Å². The molecule has 5 nitrogen and oxygen atoms in total. The summed E-state index contributed by atoms with van der Waals surface area (Å²) in [6.07, 6.45) is 3.53. The SMILES string of the molecule is Cc1nc(C2CCCCN2CCO)n[nH]1. The van der Waals surface area contributed by atoms with Crippen molar-refractivity contribution in [2.45, 2.75) is 32.2 Å². The van der Waals surface area contributed by atoms with E-state index in [-0.39, 0.29) is 12.6 Å². The molecular formula is C10H18N4O. The standard InChI is InChI=1S/C10H18N4O/c1-8-11-10(13-12-8)9-4-2-3-5-14(9)6-7-15/h9,15H,2-7H2,1H3,(H,11,12,13). The number of likely N-dealkylation sites (tertiary alicyclic amines) is 1. The highest BCUT2D eigenvalue weighted by Crippen LogP contribution is 2.27. The number of nitrogens with zero attached hydrogens (tertiary/aromatic N) is 3. The van der Waals surface area contributed by atoms with Gasteiger partial charge in [-0.1, -0.05) is 6.42 Å². The minimum Gasteiger partial charge on any atom is -0.395 e. The number of piperidine rings is 1. The minimum absolute atomic E-state index is 0.208. The molecule has 1 fully saturated rings. The van der Waals surface area contributed by atoms with Crippen molar-refractivity contribution in [1.82, 2.24) is 20.1 Å². The Bertz CT molecular complexity index is 310. The lowest BCUT2D eigenvalue weighted by Gasteiger charge is -2.33. The number of aliphatic hydroxyl groups is 1. The van der Waals surface area contributed by atoms with Gasteiger partial charge in [0, 0.05) is 6.54 Å². The molecule has 2 heterocycles. The Morgan fingerprint density at radius 3 is 3.07 bits per heavy atom. The number of rotatable bonds is 3. The number of hydrogen-bond donors (Lipinski definition) is 2. The maximum Gasteiger partial charge on any atom is 0.167 e. The fourth-order valence-corrected chi connectivity index (χ4v) is 2.19. The van der Waals surface area contributed by atoms with Crippen LogP contribution in [0.25, 0.3) is 0 Å². The zero-order valence-electron chi connectivity index (χ0n) is 9.11. The molecule has 0 aromatic carbocycles. The molecule has 0 radical (unpaired) electrons. The number of aromatic nitrogens is 3. The number of aliphatic hydroxyl groups excluding tert-OH is 1. The molecule has 5 heteroatoms. The van der Waals surface area contributed by atoms with Crippen LogP contribution in [-0.4, -0.2) is 44.9 Å². The average molecular weight is 210 g/mol. The number of aromatic amines is 1. The molecule has 2 N–H and O–H groups in total. The first-order valence-corrected chi connectivity index (χ1v) is 5.55. The molecule has 0 bridgehead atoms. The normalized spacial score (nSPS) is 23.2. The van der Waals surface area contributed by atoms with Crippen molar-refractivity contribution in [2.75, 3.05) is 19.7 Å². The van der Waals surface area contributed by atoms with Crippen LogP contribution >= 0.6 is 0 Å². The molecule has 1 unspecified atom stereocenters. The van der Waals surface area contributed by atoms with E-state index in [0.29, 0.717) is 0 Å². The first-order chi connectivity index (χ1) is 7.31. The summed E-state index contributed by atoms with van der Waals surface area (Å²) in [4.78, 5) is 6.65. The van der Waals surface area contributed by atoms with E-state index < -0.39 is 0 Å². The quantitative estimate of drug-likeness (QED) is 0.768. The second-order valence-corrected chi connectivity index (χ2v) is 4.05. The van der Waals surface area contributed by atoms with E-state index in [1.165, 1.54) is 12.8 Å². The van der Waals surface area contributed by atoms with Crippen LogP contribution < -0.4 is 0 Å². The van der Waals surface area contributed by atoms with Gasteiger partial charge in [0.15, 0.2) is 5.82 Å². The van der Waals surface area contributed by atoms with E-state index in [2.05, 4.69) is 20.1 Å². The van der Waals surface area contributed by atoms with Gasteiger partial charge in [-0.2, -0.15) is 5.10 Å². The highest BCUT2D eigenvalue weighted by Gasteiger charge is 2.26. The van der Waals surface area contributed by atoms with Crippen LogP contribution in [0.5, 0.6) is 0 Å². The highest BCUT2D eigenvalue weighted by atomic mass is 16.3. The van der Waals surface area contributed by atoms with Crippen molar-refractivity contribution < 1.29 is 5.11 Å². The van der Waals surface area contributed by atoms with Crippen LogP contribution in [-0.2, 0) is 0 Å². The summed E-state index contributed by atoms with van der Waals surface area (Å²) < 4.78 is 0. The lowest BCUT2D eigenvalue weighted by Crippen LogP contribution is -2.36. The van der Waals surface area contributed by atoms with E-state index in [0.717, 1.165) is 31.2 Å². The van der Waals surface area contributed by atoms with Crippen LogP contribution in [0, 0.1) is 6.92 Å². The minimum atomic E-state index is 0.208. The Kier molecular flexibility index (Phi) is 3.33. The molecule has 2 rings (SSSR count). The number of aryl methyl sites for hydroxylation is 1. The van der Waals surface area contributed by atoms with E-state index in [1.807, 2.05) is 6.92 Å². The summed E-state index contributed by atoms with van der Waals surface area (Å²) >= 11 is 0. The Hall–Kier alpha value is -0.940. The Morgan fingerprint density at radius 1 is 1.53 bits per heavy atom. The lowest BCUT2D eigenvalue weighted by molar-refractivity contribution is 0.112. The van der Waals surface area contributed by atoms with E-state index >= 15 is 0 Å². The van der Waals surface area contributed by atoms with Crippen LogP contribution in [0.1, 0.15) is 37.0 Å². The lowest BCUT2D eigenvalue weighted by atomic mass is 10.0. The van der Waals surface area contributed by atoms with Crippen LogP contribution in [0.2, 0.25) is 0 Å². The smallest absolute Gasteiger partial charge is 0.167 e. The van der Waals surface area contributed by atoms with Crippen molar-refractivity contribution in [1.29, 1.82) is 0 Å². The third kappa shape index (κ3) is 2.35. The Labute approximate surface area is 89.5 Å². The molecule has 84 valence electrons. The summed E-state index contributed by atoms with van der Waals surface area (Å²) in [6, 6.07) is 0.288. The fourth-order valence-electron chi connectivity index (χ4n) is 2.19. The molecule has 1 atom stereocenters. The molecule has 0 saturated carbocycles. The van der Waals surface area contributed by atoms with Gasteiger partial charge in [-0.15, -0.1) is 0 Å². The van der Waals surface area contributed by atoms with Gasteiger partial charge in [-0.05, 0) is 26.3 Å². The average Bonchev–Trinajstić information content (AvgIpc) is 2.66. The summed E-state index contributed by atoms with van der Waals surface area (Å²) in [5, 5.41) is 16.1. The van der Waals surface area contributed by atoms with Gasteiger partial charge in [0.25, 0.3) is 0 Å². The number of hydrogen-bond acceptors (Lipinski definition) is 4. The molecule has 1 aliphatic heterocycles. The molecule has 0 spiro atoms. The van der Waals surface area contributed by atoms with Gasteiger partial charge in [0.05, 0.1) is 12.6 Å². The molecule has 1 aromatic heterocycles. The predicted octanol–water partition coefficient (Wildman–Crippen LogP) is 0.632. The zero-order valence-corrected chi connectivity index (χ0v) is 9.11. The largest absolute Gasteiger partial charge is 0.395 e. The zero-order chi connectivity index (χ0) is 10.7. The maximum absolute atomic E-state index is 9.00. The molecule has 1 saturated heterocycles. The molecule has 15 heavy (non-hydrogen) atoms. The third-order valence-electron chi connectivity index (χ3n) is 2.91. The monoisotopic (exact) mass is 210 g/mol. The number of nitrogens with one attached hydrogen (secondary N) is 1. The fraction of sp³-hybridized carbons (Fsp3) is 0.800. The third-order valence-corrected chi connectivity index (χ3v) is 2.91. The number of β-amino-alcohol motifs (C(OH)–C–C–N with tert-alkyl or cyclic N) is 1. The Balaban J connectivity index is 2.10. The van der Waals surface area contributed by atoms with Crippen LogP contribution in [0.4, 0.5) is 0 Å². The van der Waals surface area contributed by atoms with Crippen molar-refractivity contribution in [3.05, 3.63) is 11.6 Å². The molecule has 1 aliphatic rings. The number of H-pyrrole nitrogens is 1. The van der Waals surface area contributed by atoms with Crippen molar-refractivity contribution in [2.24, 2.45) is 0 Å². The van der Waals surface area contributed by atoms with Gasteiger partial charge >= 0.3 is 0 Å². The molecule has 0 aliphatic carbocycles. The van der Waals surface area contributed by atoms with Crippen molar-refractivity contribution in [3.63, 3.8) is 0 Å². The maximum atomic E-state index is 9.00. The highest BCUT2D eigenvalue weighted by molar-refractivity contribution is 4.97. The second-order valence-electron chi connectivity index (χ2n) is 4.05. The van der Waals surface area contributed by atoms with Gasteiger partial charge < -0.3 is 5.11 Å². The van der Waals surface area contributed by atoms with Crippen molar-refractivity contribution >= 4 is 0 Å². The first kappa shape index (κ1) is 10.6. The van der Waals surface area contributed by atoms with E-state index in [9.17, 15) is 0 Å². The summed E-state index contributed by atoms with van der Waals surface area (Å²) in [6.45, 7) is 3.88. The van der Waals surface area contributed by atoms with Crippen LogP contribution in [0.15, 0.2) is 0 Å². The van der Waals surface area contributed by atoms with Gasteiger partial charge in [-0.3, -0.25) is 10.00 Å². The van der Waals surface area contributed by atoms with Crippen molar-refractivity contribution in [3.8, 4) is 0 Å².